The normalized spacial score (nSPS) is 13.3. The first-order valence-corrected chi connectivity index (χ1v) is 7.05. The molecule has 0 radical (unpaired) electrons. The molecule has 0 heteroatoms. The average Bonchev–Trinajstić information content (AvgIpc) is 2.49. The number of benzene rings is 2. The standard InChI is InChI=1S/C19H22.H2/c1-3-18(15-14-17-10-6-4-7-11-17)16(2)19-12-8-5-9-13-19;/h3-13,16H,14-15H2,1-2H3;1H/b18-3-;. The van der Waals surface area contributed by atoms with Gasteiger partial charge >= 0.3 is 0 Å². The Kier molecular flexibility index (Phi) is 4.97. The lowest BCUT2D eigenvalue weighted by molar-refractivity contribution is 0.794. The molecule has 0 saturated carbocycles. The third kappa shape index (κ3) is 3.82. The van der Waals surface area contributed by atoms with Crippen molar-refractivity contribution < 1.29 is 1.43 Å². The van der Waals surface area contributed by atoms with E-state index in [1.54, 1.807) is 0 Å². The van der Waals surface area contributed by atoms with Crippen molar-refractivity contribution in [2.24, 2.45) is 0 Å². The van der Waals surface area contributed by atoms with Crippen LogP contribution in [0.1, 0.15) is 38.7 Å². The van der Waals surface area contributed by atoms with Gasteiger partial charge in [0.1, 0.15) is 0 Å². The smallest absolute Gasteiger partial charge is 0.00198 e. The summed E-state index contributed by atoms with van der Waals surface area (Å²) in [5.74, 6) is 0.509. The molecule has 0 N–H and O–H groups in total. The maximum atomic E-state index is 2.30. The number of hydrogen-bond donors (Lipinski definition) is 0. The summed E-state index contributed by atoms with van der Waals surface area (Å²) in [6.45, 7) is 4.45. The average molecular weight is 252 g/mol. The second kappa shape index (κ2) is 6.94. The van der Waals surface area contributed by atoms with E-state index in [4.69, 9.17) is 0 Å². The summed E-state index contributed by atoms with van der Waals surface area (Å²) in [5, 5.41) is 0. The minimum absolute atomic E-state index is 0. The van der Waals surface area contributed by atoms with E-state index in [1.807, 2.05) is 0 Å². The summed E-state index contributed by atoms with van der Waals surface area (Å²) in [7, 11) is 0. The summed E-state index contributed by atoms with van der Waals surface area (Å²) in [5.41, 5.74) is 4.35. The van der Waals surface area contributed by atoms with Crippen LogP contribution in [0.4, 0.5) is 0 Å². The van der Waals surface area contributed by atoms with Gasteiger partial charge in [-0.15, -0.1) is 0 Å². The molecule has 0 nitrogen and oxygen atoms in total. The SMILES string of the molecule is C/C=C(/CCc1ccccc1)C(C)c1ccccc1.[HH]. The van der Waals surface area contributed by atoms with E-state index in [0.29, 0.717) is 5.92 Å². The Bertz CT molecular complexity index is 514. The summed E-state index contributed by atoms with van der Waals surface area (Å²) in [6.07, 6.45) is 4.54. The lowest BCUT2D eigenvalue weighted by atomic mass is 9.89. The quantitative estimate of drug-likeness (QED) is 0.606. The number of rotatable bonds is 5. The first-order valence-electron chi connectivity index (χ1n) is 7.05. The molecule has 0 spiro atoms. The molecular weight excluding hydrogens is 228 g/mol. The molecule has 0 aliphatic heterocycles. The van der Waals surface area contributed by atoms with Gasteiger partial charge in [-0.25, -0.2) is 0 Å². The van der Waals surface area contributed by atoms with Gasteiger partial charge in [-0.1, -0.05) is 79.2 Å². The number of aryl methyl sites for hydroxylation is 1. The van der Waals surface area contributed by atoms with Gasteiger partial charge in [-0.3, -0.25) is 0 Å². The molecule has 2 rings (SSSR count). The second-order valence-corrected chi connectivity index (χ2v) is 4.98. The van der Waals surface area contributed by atoms with Crippen LogP contribution in [-0.2, 0) is 6.42 Å². The Hall–Kier alpha value is -1.82. The van der Waals surface area contributed by atoms with E-state index in [1.165, 1.54) is 16.7 Å². The van der Waals surface area contributed by atoms with Crippen LogP contribution >= 0.6 is 0 Å². The van der Waals surface area contributed by atoms with E-state index >= 15 is 0 Å². The monoisotopic (exact) mass is 252 g/mol. The van der Waals surface area contributed by atoms with Gasteiger partial charge in [0.05, 0.1) is 0 Å². The van der Waals surface area contributed by atoms with Gasteiger partial charge in [0, 0.05) is 7.34 Å². The number of allylic oxidation sites excluding steroid dienone is 2. The van der Waals surface area contributed by atoms with Crippen molar-refractivity contribution in [1.82, 2.24) is 0 Å². The van der Waals surface area contributed by atoms with E-state index in [-0.39, 0.29) is 1.43 Å². The highest BCUT2D eigenvalue weighted by molar-refractivity contribution is 5.28. The van der Waals surface area contributed by atoms with Gasteiger partial charge in [0.25, 0.3) is 0 Å². The molecule has 0 fully saturated rings. The molecule has 2 aromatic carbocycles. The molecule has 0 aliphatic rings. The first-order chi connectivity index (χ1) is 9.31. The van der Waals surface area contributed by atoms with Crippen LogP contribution < -0.4 is 0 Å². The van der Waals surface area contributed by atoms with Gasteiger partial charge < -0.3 is 0 Å². The second-order valence-electron chi connectivity index (χ2n) is 4.98. The van der Waals surface area contributed by atoms with Crippen LogP contribution in [0.5, 0.6) is 0 Å². The molecule has 0 heterocycles. The lowest BCUT2D eigenvalue weighted by Crippen LogP contribution is -2.00. The third-order valence-electron chi connectivity index (χ3n) is 3.77. The van der Waals surface area contributed by atoms with Crippen molar-refractivity contribution >= 4 is 0 Å². The van der Waals surface area contributed by atoms with Crippen molar-refractivity contribution in [1.29, 1.82) is 0 Å². The van der Waals surface area contributed by atoms with E-state index < -0.39 is 0 Å². The topological polar surface area (TPSA) is 0 Å². The maximum absolute atomic E-state index is 2.30. The zero-order chi connectivity index (χ0) is 13.5. The van der Waals surface area contributed by atoms with Crippen molar-refractivity contribution in [2.45, 2.75) is 32.6 Å². The van der Waals surface area contributed by atoms with Crippen LogP contribution in [0.15, 0.2) is 72.3 Å². The summed E-state index contributed by atoms with van der Waals surface area (Å²) >= 11 is 0. The molecule has 1 unspecified atom stereocenters. The fourth-order valence-electron chi connectivity index (χ4n) is 2.50. The van der Waals surface area contributed by atoms with Crippen LogP contribution in [0.25, 0.3) is 0 Å². The highest BCUT2D eigenvalue weighted by atomic mass is 14.1. The van der Waals surface area contributed by atoms with Crippen LogP contribution in [0, 0.1) is 0 Å². The molecule has 100 valence electrons. The van der Waals surface area contributed by atoms with E-state index in [2.05, 4.69) is 80.6 Å². The Morgan fingerprint density at radius 2 is 1.58 bits per heavy atom. The van der Waals surface area contributed by atoms with Crippen molar-refractivity contribution in [2.75, 3.05) is 0 Å². The summed E-state index contributed by atoms with van der Waals surface area (Å²) in [4.78, 5) is 0. The van der Waals surface area contributed by atoms with Crippen LogP contribution in [-0.4, -0.2) is 0 Å². The van der Waals surface area contributed by atoms with Crippen molar-refractivity contribution in [3.63, 3.8) is 0 Å². The molecule has 2 aromatic rings. The van der Waals surface area contributed by atoms with Crippen molar-refractivity contribution in [3.05, 3.63) is 83.4 Å². The van der Waals surface area contributed by atoms with Crippen LogP contribution in [0.2, 0.25) is 0 Å². The minimum atomic E-state index is 0. The van der Waals surface area contributed by atoms with E-state index in [0.717, 1.165) is 12.8 Å². The molecule has 0 aliphatic carbocycles. The van der Waals surface area contributed by atoms with Gasteiger partial charge in [0.15, 0.2) is 0 Å². The Morgan fingerprint density at radius 3 is 2.16 bits per heavy atom. The fourth-order valence-corrected chi connectivity index (χ4v) is 2.50. The molecule has 0 saturated heterocycles. The third-order valence-corrected chi connectivity index (χ3v) is 3.77. The molecular formula is C19H24. The minimum Gasteiger partial charge on any atom is -0.0878 e. The molecule has 0 bridgehead atoms. The van der Waals surface area contributed by atoms with Gasteiger partial charge in [-0.05, 0) is 30.9 Å². The van der Waals surface area contributed by atoms with Crippen molar-refractivity contribution in [3.8, 4) is 0 Å². The zero-order valence-corrected chi connectivity index (χ0v) is 11.8. The highest BCUT2D eigenvalue weighted by Gasteiger charge is 2.10. The Morgan fingerprint density at radius 1 is 1.00 bits per heavy atom. The summed E-state index contributed by atoms with van der Waals surface area (Å²) in [6, 6.07) is 21.5. The van der Waals surface area contributed by atoms with E-state index in [9.17, 15) is 0 Å². The lowest BCUT2D eigenvalue weighted by Gasteiger charge is -2.16. The predicted molar refractivity (Wildman–Crippen MR) is 85.5 cm³/mol. The molecule has 0 amide bonds. The predicted octanol–water partition coefficient (Wildman–Crippen LogP) is 5.62. The molecule has 0 aromatic heterocycles. The Labute approximate surface area is 118 Å². The fraction of sp³-hybridized carbons (Fsp3) is 0.263. The van der Waals surface area contributed by atoms with Gasteiger partial charge in [-0.2, -0.15) is 0 Å². The highest BCUT2D eigenvalue weighted by Crippen LogP contribution is 2.27. The molecule has 1 atom stereocenters. The van der Waals surface area contributed by atoms with Crippen LogP contribution in [0.3, 0.4) is 0 Å². The first kappa shape index (κ1) is 13.6. The Balaban J connectivity index is 0.00000200. The maximum Gasteiger partial charge on any atom is 0.00198 e. The summed E-state index contributed by atoms with van der Waals surface area (Å²) < 4.78 is 0. The molecule has 19 heavy (non-hydrogen) atoms. The largest absolute Gasteiger partial charge is 0.0878 e. The zero-order valence-electron chi connectivity index (χ0n) is 11.8. The van der Waals surface area contributed by atoms with Gasteiger partial charge in [0.2, 0.25) is 0 Å². The number of hydrogen-bond acceptors (Lipinski definition) is 0.